The zero-order valence-electron chi connectivity index (χ0n) is 20.0. The van der Waals surface area contributed by atoms with Gasteiger partial charge in [-0.15, -0.1) is 11.3 Å². The first-order chi connectivity index (χ1) is 18.3. The monoisotopic (exact) mass is 490 g/mol. The van der Waals surface area contributed by atoms with Gasteiger partial charge in [-0.1, -0.05) is 121 Å². The number of fused-ring (bicyclic) bond motifs is 3. The molecule has 0 atom stereocenters. The summed E-state index contributed by atoms with van der Waals surface area (Å²) in [5, 5.41) is 2.64. The van der Waals surface area contributed by atoms with Crippen LogP contribution in [0.15, 0.2) is 133 Å². The number of aromatic nitrogens is 2. The van der Waals surface area contributed by atoms with Crippen molar-refractivity contribution in [3.63, 3.8) is 0 Å². The number of hydrogen-bond acceptors (Lipinski definition) is 3. The first-order valence-corrected chi connectivity index (χ1v) is 13.2. The Bertz CT molecular complexity index is 1800. The molecule has 174 valence electrons. The van der Waals surface area contributed by atoms with Crippen LogP contribution in [0.5, 0.6) is 0 Å². The van der Waals surface area contributed by atoms with Gasteiger partial charge in [-0.05, 0) is 23.3 Å². The molecule has 0 N–H and O–H groups in total. The second-order valence-corrected chi connectivity index (χ2v) is 10.1. The Balaban J connectivity index is 1.33. The fraction of sp³-hybridized carbons (Fsp3) is 0. The third-order valence-electron chi connectivity index (χ3n) is 6.72. The van der Waals surface area contributed by atoms with E-state index in [1.807, 2.05) is 47.7 Å². The number of rotatable bonds is 4. The molecule has 0 saturated heterocycles. The normalized spacial score (nSPS) is 11.2. The Hall–Kier alpha value is -4.60. The van der Waals surface area contributed by atoms with Gasteiger partial charge in [0.05, 0.1) is 11.4 Å². The Morgan fingerprint density at radius 1 is 0.432 bits per heavy atom. The van der Waals surface area contributed by atoms with Gasteiger partial charge < -0.3 is 0 Å². The van der Waals surface area contributed by atoms with Crippen molar-refractivity contribution < 1.29 is 0 Å². The van der Waals surface area contributed by atoms with Crippen molar-refractivity contribution in [2.75, 3.05) is 0 Å². The van der Waals surface area contributed by atoms with Crippen molar-refractivity contribution in [1.29, 1.82) is 0 Å². The minimum atomic E-state index is 0.732. The standard InChI is InChI=1S/C34H22N2S/c1-3-10-24(11-4-1)30-22-31(36-34(35-30)26-12-5-2-6-13-26)25-20-18-23(19-21-25)27-15-9-16-29-28-14-7-8-17-32(28)37-33(27)29/h1-22H. The highest BCUT2D eigenvalue weighted by molar-refractivity contribution is 7.26. The van der Waals surface area contributed by atoms with Gasteiger partial charge in [-0.2, -0.15) is 0 Å². The summed E-state index contributed by atoms with van der Waals surface area (Å²) in [6, 6.07) is 46.6. The predicted octanol–water partition coefficient (Wildman–Crippen LogP) is 9.51. The average molecular weight is 491 g/mol. The van der Waals surface area contributed by atoms with E-state index in [0.717, 1.165) is 33.9 Å². The first-order valence-electron chi connectivity index (χ1n) is 12.3. The van der Waals surface area contributed by atoms with Crippen LogP contribution in [0.1, 0.15) is 0 Å². The molecule has 0 radical (unpaired) electrons. The Labute approximate surface area is 219 Å². The zero-order valence-corrected chi connectivity index (χ0v) is 20.8. The van der Waals surface area contributed by atoms with E-state index in [9.17, 15) is 0 Å². The molecule has 2 nitrogen and oxygen atoms in total. The topological polar surface area (TPSA) is 25.8 Å². The number of thiophene rings is 1. The van der Waals surface area contributed by atoms with Crippen LogP contribution in [-0.2, 0) is 0 Å². The second kappa shape index (κ2) is 9.12. The van der Waals surface area contributed by atoms with Crippen LogP contribution in [0.25, 0.3) is 65.2 Å². The lowest BCUT2D eigenvalue weighted by Crippen LogP contribution is -1.95. The first kappa shape index (κ1) is 21.7. The minimum Gasteiger partial charge on any atom is -0.228 e. The van der Waals surface area contributed by atoms with Crippen LogP contribution in [0.2, 0.25) is 0 Å². The van der Waals surface area contributed by atoms with Crippen molar-refractivity contribution >= 4 is 31.5 Å². The molecule has 37 heavy (non-hydrogen) atoms. The Kier molecular flexibility index (Phi) is 5.34. The molecule has 0 aliphatic carbocycles. The molecular weight excluding hydrogens is 468 g/mol. The van der Waals surface area contributed by atoms with Crippen LogP contribution in [0.3, 0.4) is 0 Å². The maximum absolute atomic E-state index is 4.97. The molecule has 0 bridgehead atoms. The molecule has 0 saturated carbocycles. The van der Waals surface area contributed by atoms with E-state index in [2.05, 4.69) is 97.1 Å². The molecule has 0 fully saturated rings. The van der Waals surface area contributed by atoms with Gasteiger partial charge in [-0.25, -0.2) is 9.97 Å². The summed E-state index contributed by atoms with van der Waals surface area (Å²) in [5.41, 5.74) is 7.47. The summed E-state index contributed by atoms with van der Waals surface area (Å²) in [7, 11) is 0. The van der Waals surface area contributed by atoms with E-state index >= 15 is 0 Å². The Morgan fingerprint density at radius 2 is 1.00 bits per heavy atom. The number of hydrogen-bond donors (Lipinski definition) is 0. The van der Waals surface area contributed by atoms with E-state index in [1.165, 1.54) is 31.3 Å². The molecule has 0 amide bonds. The Morgan fingerprint density at radius 3 is 1.73 bits per heavy atom. The molecule has 3 heteroatoms. The molecule has 0 spiro atoms. The predicted molar refractivity (Wildman–Crippen MR) is 157 cm³/mol. The van der Waals surface area contributed by atoms with Crippen molar-refractivity contribution in [2.45, 2.75) is 0 Å². The number of benzene rings is 5. The maximum Gasteiger partial charge on any atom is 0.160 e. The van der Waals surface area contributed by atoms with E-state index in [0.29, 0.717) is 0 Å². The molecule has 0 unspecified atom stereocenters. The largest absolute Gasteiger partial charge is 0.228 e. The molecule has 0 aliphatic rings. The summed E-state index contributed by atoms with van der Waals surface area (Å²) in [5.74, 6) is 0.732. The van der Waals surface area contributed by atoms with Crippen LogP contribution >= 0.6 is 11.3 Å². The maximum atomic E-state index is 4.97. The summed E-state index contributed by atoms with van der Waals surface area (Å²) in [6.45, 7) is 0. The summed E-state index contributed by atoms with van der Waals surface area (Å²) in [6.07, 6.45) is 0. The van der Waals surface area contributed by atoms with E-state index in [-0.39, 0.29) is 0 Å². The molecule has 5 aromatic carbocycles. The molecule has 2 aromatic heterocycles. The van der Waals surface area contributed by atoms with Crippen LogP contribution in [0.4, 0.5) is 0 Å². The van der Waals surface area contributed by atoms with Gasteiger partial charge >= 0.3 is 0 Å². The lowest BCUT2D eigenvalue weighted by Gasteiger charge is -2.10. The summed E-state index contributed by atoms with van der Waals surface area (Å²) < 4.78 is 2.65. The van der Waals surface area contributed by atoms with E-state index < -0.39 is 0 Å². The van der Waals surface area contributed by atoms with Gasteiger partial charge in [0, 0.05) is 36.9 Å². The lowest BCUT2D eigenvalue weighted by atomic mass is 10.00. The van der Waals surface area contributed by atoms with Gasteiger partial charge in [0.25, 0.3) is 0 Å². The molecule has 7 rings (SSSR count). The van der Waals surface area contributed by atoms with E-state index in [4.69, 9.17) is 9.97 Å². The van der Waals surface area contributed by atoms with Crippen molar-refractivity contribution in [3.8, 4) is 45.0 Å². The minimum absolute atomic E-state index is 0.732. The van der Waals surface area contributed by atoms with E-state index in [1.54, 1.807) is 0 Å². The fourth-order valence-corrected chi connectivity index (χ4v) is 6.10. The fourth-order valence-electron chi connectivity index (χ4n) is 4.86. The highest BCUT2D eigenvalue weighted by Crippen LogP contribution is 2.40. The molecular formula is C34H22N2S. The summed E-state index contributed by atoms with van der Waals surface area (Å²) >= 11 is 1.86. The van der Waals surface area contributed by atoms with Crippen molar-refractivity contribution in [3.05, 3.63) is 133 Å². The quantitative estimate of drug-likeness (QED) is 0.245. The number of nitrogens with zero attached hydrogens (tertiary/aromatic N) is 2. The van der Waals surface area contributed by atoms with Gasteiger partial charge in [0.1, 0.15) is 0 Å². The van der Waals surface area contributed by atoms with Crippen molar-refractivity contribution in [2.24, 2.45) is 0 Å². The average Bonchev–Trinajstić information content (AvgIpc) is 3.37. The molecule has 2 heterocycles. The summed E-state index contributed by atoms with van der Waals surface area (Å²) in [4.78, 5) is 9.88. The smallest absolute Gasteiger partial charge is 0.160 e. The van der Waals surface area contributed by atoms with Crippen molar-refractivity contribution in [1.82, 2.24) is 9.97 Å². The SMILES string of the molecule is c1ccc(-c2cc(-c3ccc(-c4cccc5c4sc4ccccc45)cc3)nc(-c3ccccc3)n2)cc1. The molecule has 7 aromatic rings. The lowest BCUT2D eigenvalue weighted by molar-refractivity contribution is 1.18. The van der Waals surface area contributed by atoms with Crippen LogP contribution < -0.4 is 0 Å². The molecule has 0 aliphatic heterocycles. The van der Waals surface area contributed by atoms with Crippen LogP contribution in [-0.4, -0.2) is 9.97 Å². The zero-order chi connectivity index (χ0) is 24.6. The van der Waals surface area contributed by atoms with Gasteiger partial charge in [0.2, 0.25) is 0 Å². The van der Waals surface area contributed by atoms with Gasteiger partial charge in [-0.3, -0.25) is 0 Å². The van der Waals surface area contributed by atoms with Crippen LogP contribution in [0, 0.1) is 0 Å². The van der Waals surface area contributed by atoms with Gasteiger partial charge in [0.15, 0.2) is 5.82 Å². The highest BCUT2D eigenvalue weighted by Gasteiger charge is 2.13. The third-order valence-corrected chi connectivity index (χ3v) is 7.94. The third kappa shape index (κ3) is 4.00. The second-order valence-electron chi connectivity index (χ2n) is 9.05. The highest BCUT2D eigenvalue weighted by atomic mass is 32.1.